The number of anilines is 1. The van der Waals surface area contributed by atoms with Crippen molar-refractivity contribution in [2.24, 2.45) is 0 Å². The second kappa shape index (κ2) is 5.66. The van der Waals surface area contributed by atoms with Gasteiger partial charge < -0.3 is 16.0 Å². The van der Waals surface area contributed by atoms with E-state index in [1.54, 1.807) is 12.4 Å². The predicted octanol–water partition coefficient (Wildman–Crippen LogP) is 2.12. The van der Waals surface area contributed by atoms with Crippen LogP contribution in [0.1, 0.15) is 16.1 Å². The summed E-state index contributed by atoms with van der Waals surface area (Å²) in [6, 6.07) is 11.2. The number of nitrogens with two attached hydrogens (primary N) is 1. The fourth-order valence-electron chi connectivity index (χ4n) is 2.24. The number of nitrogens with zero attached hydrogens (tertiary/aromatic N) is 1. The molecule has 0 saturated heterocycles. The fourth-order valence-corrected chi connectivity index (χ4v) is 2.24. The molecule has 0 atom stereocenters. The number of carbonyl (C=O) groups excluding carboxylic acids is 1. The molecular weight excluding hydrogens is 264 g/mol. The maximum Gasteiger partial charge on any atom is 0.267 e. The highest BCUT2D eigenvalue weighted by Gasteiger charge is 2.09. The number of nitrogens with one attached hydrogen (secondary N) is 2. The van der Waals surface area contributed by atoms with Crippen molar-refractivity contribution in [2.45, 2.75) is 6.42 Å². The van der Waals surface area contributed by atoms with Crippen LogP contribution in [0.4, 0.5) is 5.69 Å². The Morgan fingerprint density at radius 1 is 1.29 bits per heavy atom. The van der Waals surface area contributed by atoms with Crippen molar-refractivity contribution >= 4 is 22.5 Å². The van der Waals surface area contributed by atoms with Gasteiger partial charge in [0.1, 0.15) is 5.69 Å². The third-order valence-electron chi connectivity index (χ3n) is 3.31. The van der Waals surface area contributed by atoms with E-state index in [9.17, 15) is 4.79 Å². The van der Waals surface area contributed by atoms with Crippen LogP contribution in [-0.2, 0) is 6.42 Å². The lowest BCUT2D eigenvalue weighted by atomic mass is 10.2. The molecule has 21 heavy (non-hydrogen) atoms. The summed E-state index contributed by atoms with van der Waals surface area (Å²) in [6.07, 6.45) is 4.29. The van der Waals surface area contributed by atoms with Crippen LogP contribution >= 0.6 is 0 Å². The summed E-state index contributed by atoms with van der Waals surface area (Å²) in [5, 5.41) is 3.83. The van der Waals surface area contributed by atoms with Crippen molar-refractivity contribution in [1.29, 1.82) is 0 Å². The number of amides is 1. The quantitative estimate of drug-likeness (QED) is 0.640. The number of pyridine rings is 1. The number of hydrogen-bond acceptors (Lipinski definition) is 3. The first-order valence-electron chi connectivity index (χ1n) is 6.78. The Labute approximate surface area is 122 Å². The number of aromatic nitrogens is 2. The number of aromatic amines is 1. The van der Waals surface area contributed by atoms with Gasteiger partial charge in [0.2, 0.25) is 0 Å². The number of carbonyl (C=O) groups is 1. The van der Waals surface area contributed by atoms with Crippen molar-refractivity contribution < 1.29 is 4.79 Å². The van der Waals surface area contributed by atoms with Crippen LogP contribution in [0.25, 0.3) is 10.9 Å². The molecule has 1 aromatic carbocycles. The van der Waals surface area contributed by atoms with Gasteiger partial charge in [0, 0.05) is 35.5 Å². The second-order valence-corrected chi connectivity index (χ2v) is 4.90. The molecule has 0 aliphatic rings. The van der Waals surface area contributed by atoms with E-state index in [-0.39, 0.29) is 5.91 Å². The molecule has 5 nitrogen and oxygen atoms in total. The van der Waals surface area contributed by atoms with Crippen LogP contribution in [0.15, 0.2) is 48.8 Å². The largest absolute Gasteiger partial charge is 0.399 e. The van der Waals surface area contributed by atoms with Gasteiger partial charge in [-0.3, -0.25) is 9.78 Å². The van der Waals surface area contributed by atoms with Crippen LogP contribution in [-0.4, -0.2) is 22.4 Å². The first kappa shape index (κ1) is 13.2. The van der Waals surface area contributed by atoms with E-state index in [2.05, 4.69) is 15.3 Å². The van der Waals surface area contributed by atoms with Gasteiger partial charge in [-0.05, 0) is 42.3 Å². The van der Waals surface area contributed by atoms with E-state index < -0.39 is 0 Å². The Morgan fingerprint density at radius 3 is 3.00 bits per heavy atom. The molecule has 2 aromatic heterocycles. The van der Waals surface area contributed by atoms with Gasteiger partial charge in [-0.2, -0.15) is 0 Å². The smallest absolute Gasteiger partial charge is 0.267 e. The Hall–Kier alpha value is -2.82. The summed E-state index contributed by atoms with van der Waals surface area (Å²) >= 11 is 0. The number of nitrogen functional groups attached to an aromatic ring is 1. The standard InChI is InChI=1S/C16H16N4O/c17-13-3-4-14-12(8-13)9-15(20-14)16(21)19-7-5-11-2-1-6-18-10-11/h1-4,6,8-10,20H,5,7,17H2,(H,19,21). The highest BCUT2D eigenvalue weighted by Crippen LogP contribution is 2.18. The van der Waals surface area contributed by atoms with Crippen LogP contribution < -0.4 is 11.1 Å². The zero-order valence-corrected chi connectivity index (χ0v) is 11.5. The first-order valence-corrected chi connectivity index (χ1v) is 6.78. The summed E-state index contributed by atoms with van der Waals surface area (Å²) in [4.78, 5) is 19.2. The number of rotatable bonds is 4. The average Bonchev–Trinajstić information content (AvgIpc) is 2.91. The zero-order valence-electron chi connectivity index (χ0n) is 11.5. The number of hydrogen-bond donors (Lipinski definition) is 3. The van der Waals surface area contributed by atoms with Crippen molar-refractivity contribution in [2.75, 3.05) is 12.3 Å². The Bertz CT molecular complexity index is 764. The molecule has 0 fully saturated rings. The summed E-state index contributed by atoms with van der Waals surface area (Å²) in [7, 11) is 0. The molecular formula is C16H16N4O. The average molecular weight is 280 g/mol. The lowest BCUT2D eigenvalue weighted by Crippen LogP contribution is -2.25. The highest BCUT2D eigenvalue weighted by atomic mass is 16.1. The molecule has 0 unspecified atom stereocenters. The minimum Gasteiger partial charge on any atom is -0.399 e. The Balaban J connectivity index is 1.64. The molecule has 0 aliphatic carbocycles. The van der Waals surface area contributed by atoms with Crippen LogP contribution in [0.5, 0.6) is 0 Å². The molecule has 0 aliphatic heterocycles. The van der Waals surface area contributed by atoms with E-state index in [4.69, 9.17) is 5.73 Å². The van der Waals surface area contributed by atoms with Crippen LogP contribution in [0.2, 0.25) is 0 Å². The summed E-state index contributed by atoms with van der Waals surface area (Å²) in [5.41, 5.74) is 8.97. The molecule has 0 radical (unpaired) electrons. The van der Waals surface area contributed by atoms with Gasteiger partial charge in [0.15, 0.2) is 0 Å². The van der Waals surface area contributed by atoms with E-state index in [1.165, 1.54) is 0 Å². The van der Waals surface area contributed by atoms with E-state index in [1.807, 2.05) is 36.4 Å². The minimum atomic E-state index is -0.117. The van der Waals surface area contributed by atoms with Gasteiger partial charge in [-0.15, -0.1) is 0 Å². The predicted molar refractivity (Wildman–Crippen MR) is 83.0 cm³/mol. The molecule has 2 heterocycles. The van der Waals surface area contributed by atoms with Gasteiger partial charge in [-0.25, -0.2) is 0 Å². The van der Waals surface area contributed by atoms with E-state index in [0.29, 0.717) is 17.9 Å². The first-order chi connectivity index (χ1) is 10.2. The maximum absolute atomic E-state index is 12.1. The molecule has 106 valence electrons. The monoisotopic (exact) mass is 280 g/mol. The SMILES string of the molecule is Nc1ccc2[nH]c(C(=O)NCCc3cccnc3)cc2c1. The molecule has 0 bridgehead atoms. The molecule has 4 N–H and O–H groups in total. The molecule has 0 saturated carbocycles. The van der Waals surface area contributed by atoms with Gasteiger partial charge >= 0.3 is 0 Å². The topological polar surface area (TPSA) is 83.8 Å². The lowest BCUT2D eigenvalue weighted by molar-refractivity contribution is 0.0950. The highest BCUT2D eigenvalue weighted by molar-refractivity contribution is 5.98. The maximum atomic E-state index is 12.1. The van der Waals surface area contributed by atoms with Crippen molar-refractivity contribution in [3.8, 4) is 0 Å². The summed E-state index contributed by atoms with van der Waals surface area (Å²) in [6.45, 7) is 0.571. The normalized spacial score (nSPS) is 10.7. The minimum absolute atomic E-state index is 0.117. The van der Waals surface area contributed by atoms with Crippen molar-refractivity contribution in [3.05, 3.63) is 60.0 Å². The third kappa shape index (κ3) is 3.02. The van der Waals surface area contributed by atoms with Gasteiger partial charge in [-0.1, -0.05) is 6.07 Å². The summed E-state index contributed by atoms with van der Waals surface area (Å²) < 4.78 is 0. The van der Waals surface area contributed by atoms with Gasteiger partial charge in [0.25, 0.3) is 5.91 Å². The lowest BCUT2D eigenvalue weighted by Gasteiger charge is -2.03. The van der Waals surface area contributed by atoms with Gasteiger partial charge in [0.05, 0.1) is 0 Å². The zero-order chi connectivity index (χ0) is 14.7. The second-order valence-electron chi connectivity index (χ2n) is 4.90. The van der Waals surface area contributed by atoms with Crippen molar-refractivity contribution in [3.63, 3.8) is 0 Å². The third-order valence-corrected chi connectivity index (χ3v) is 3.31. The molecule has 3 rings (SSSR count). The number of H-pyrrole nitrogens is 1. The Morgan fingerprint density at radius 2 is 2.19 bits per heavy atom. The fraction of sp³-hybridized carbons (Fsp3) is 0.125. The Kier molecular flexibility index (Phi) is 3.55. The van der Waals surface area contributed by atoms with Crippen LogP contribution in [0.3, 0.4) is 0 Å². The van der Waals surface area contributed by atoms with Crippen LogP contribution in [0, 0.1) is 0 Å². The molecule has 3 aromatic rings. The number of fused-ring (bicyclic) bond motifs is 1. The summed E-state index contributed by atoms with van der Waals surface area (Å²) in [5.74, 6) is -0.117. The number of benzene rings is 1. The molecule has 0 spiro atoms. The van der Waals surface area contributed by atoms with Crippen molar-refractivity contribution in [1.82, 2.24) is 15.3 Å². The molecule has 5 heteroatoms. The van der Waals surface area contributed by atoms with E-state index >= 15 is 0 Å². The van der Waals surface area contributed by atoms with E-state index in [0.717, 1.165) is 22.9 Å². The molecule has 1 amide bonds.